The van der Waals surface area contributed by atoms with Gasteiger partial charge >= 0.3 is 0 Å². The highest BCUT2D eigenvalue weighted by Crippen LogP contribution is 2.29. The van der Waals surface area contributed by atoms with Gasteiger partial charge in [-0.3, -0.25) is 0 Å². The number of alkyl halides is 2. The summed E-state index contributed by atoms with van der Waals surface area (Å²) in [6, 6.07) is 0. The first-order valence-electron chi connectivity index (χ1n) is 5.94. The highest BCUT2D eigenvalue weighted by atomic mass is 32.2. The van der Waals surface area contributed by atoms with E-state index in [4.69, 9.17) is 0 Å². The molecule has 0 aliphatic carbocycles. The Balaban J connectivity index is 3.43. The molecule has 0 radical (unpaired) electrons. The predicted octanol–water partition coefficient (Wildman–Crippen LogP) is 2.77. The van der Waals surface area contributed by atoms with Gasteiger partial charge in [0.25, 0.3) is 6.43 Å². The molecule has 0 amide bonds. The van der Waals surface area contributed by atoms with Gasteiger partial charge in [-0.2, -0.15) is 0 Å². The lowest BCUT2D eigenvalue weighted by Crippen LogP contribution is -2.30. The first kappa shape index (κ1) is 16.0. The molecule has 0 heterocycles. The van der Waals surface area contributed by atoms with Crippen LogP contribution in [0.2, 0.25) is 0 Å². The maximum atomic E-state index is 12.2. The van der Waals surface area contributed by atoms with E-state index in [0.29, 0.717) is 11.1 Å². The number of rotatable bonds is 4. The van der Waals surface area contributed by atoms with Crippen LogP contribution in [0.1, 0.15) is 27.8 Å². The molecule has 1 aromatic carbocycles. The minimum Gasteiger partial charge on any atom is -0.209 e. The summed E-state index contributed by atoms with van der Waals surface area (Å²) in [5, 5.41) is 0. The number of sulfonamides is 1. The second-order valence-electron chi connectivity index (χ2n) is 4.70. The Morgan fingerprint density at radius 1 is 0.895 bits per heavy atom. The van der Waals surface area contributed by atoms with E-state index in [1.54, 1.807) is 13.8 Å². The largest absolute Gasteiger partial charge is 0.251 e. The normalized spacial score (nSPS) is 12.2. The smallest absolute Gasteiger partial charge is 0.209 e. The second kappa shape index (κ2) is 5.54. The van der Waals surface area contributed by atoms with Gasteiger partial charge in [0.15, 0.2) is 0 Å². The topological polar surface area (TPSA) is 46.2 Å². The maximum Gasteiger partial charge on any atom is 0.251 e. The summed E-state index contributed by atoms with van der Waals surface area (Å²) in [6.45, 7) is 8.13. The lowest BCUT2D eigenvalue weighted by molar-refractivity contribution is 0.153. The third-order valence-electron chi connectivity index (χ3n) is 3.63. The lowest BCUT2D eigenvalue weighted by Gasteiger charge is -2.18. The summed E-state index contributed by atoms with van der Waals surface area (Å²) in [5.41, 5.74) is 4.01. The zero-order chi connectivity index (χ0) is 15.0. The van der Waals surface area contributed by atoms with Crippen LogP contribution in [0.3, 0.4) is 0 Å². The summed E-state index contributed by atoms with van der Waals surface area (Å²) in [7, 11) is -3.91. The van der Waals surface area contributed by atoms with E-state index in [9.17, 15) is 17.2 Å². The molecular formula is C13H19F2NO2S. The van der Waals surface area contributed by atoms with Crippen LogP contribution in [0, 0.1) is 34.6 Å². The van der Waals surface area contributed by atoms with Gasteiger partial charge in [-0.15, -0.1) is 0 Å². The molecule has 0 bridgehead atoms. The minimum atomic E-state index is -3.91. The third kappa shape index (κ3) is 3.12. The van der Waals surface area contributed by atoms with E-state index < -0.39 is 23.0 Å². The van der Waals surface area contributed by atoms with Crippen molar-refractivity contribution in [3.05, 3.63) is 27.8 Å². The van der Waals surface area contributed by atoms with Crippen LogP contribution in [0.5, 0.6) is 0 Å². The van der Waals surface area contributed by atoms with Crippen molar-refractivity contribution in [3.63, 3.8) is 0 Å². The monoisotopic (exact) mass is 291 g/mol. The van der Waals surface area contributed by atoms with Gasteiger partial charge in [-0.05, 0) is 62.4 Å². The summed E-state index contributed by atoms with van der Waals surface area (Å²) >= 11 is 0. The highest BCUT2D eigenvalue weighted by Gasteiger charge is 2.24. The predicted molar refractivity (Wildman–Crippen MR) is 71.3 cm³/mol. The molecule has 0 atom stereocenters. The molecule has 6 heteroatoms. The van der Waals surface area contributed by atoms with Crippen LogP contribution in [-0.4, -0.2) is 21.4 Å². The number of halogens is 2. The van der Waals surface area contributed by atoms with Gasteiger partial charge in [-0.25, -0.2) is 21.9 Å². The van der Waals surface area contributed by atoms with Crippen LogP contribution >= 0.6 is 0 Å². The second-order valence-corrected chi connectivity index (χ2v) is 6.40. The zero-order valence-electron chi connectivity index (χ0n) is 11.8. The number of benzene rings is 1. The molecular weight excluding hydrogens is 272 g/mol. The van der Waals surface area contributed by atoms with Gasteiger partial charge in [0.05, 0.1) is 11.4 Å². The van der Waals surface area contributed by atoms with Crippen molar-refractivity contribution in [1.82, 2.24) is 4.72 Å². The molecule has 0 aromatic heterocycles. The maximum absolute atomic E-state index is 12.2. The molecule has 0 spiro atoms. The van der Waals surface area contributed by atoms with Crippen LogP contribution in [0.4, 0.5) is 8.78 Å². The van der Waals surface area contributed by atoms with Crippen LogP contribution < -0.4 is 4.72 Å². The van der Waals surface area contributed by atoms with E-state index in [1.165, 1.54) is 0 Å². The van der Waals surface area contributed by atoms with Crippen molar-refractivity contribution in [3.8, 4) is 0 Å². The van der Waals surface area contributed by atoms with Crippen LogP contribution in [0.25, 0.3) is 0 Å². The lowest BCUT2D eigenvalue weighted by atomic mass is 9.95. The van der Waals surface area contributed by atoms with Crippen LogP contribution in [-0.2, 0) is 10.0 Å². The average Bonchev–Trinajstić information content (AvgIpc) is 2.31. The van der Waals surface area contributed by atoms with E-state index in [1.807, 2.05) is 25.5 Å². The van der Waals surface area contributed by atoms with Gasteiger partial charge in [0.1, 0.15) is 0 Å². The molecule has 0 unspecified atom stereocenters. The number of hydrogen-bond acceptors (Lipinski definition) is 2. The van der Waals surface area contributed by atoms with Gasteiger partial charge in [0, 0.05) is 0 Å². The van der Waals surface area contributed by atoms with E-state index in [-0.39, 0.29) is 4.90 Å². The summed E-state index contributed by atoms with van der Waals surface area (Å²) in [4.78, 5) is 0.119. The first-order valence-corrected chi connectivity index (χ1v) is 7.42. The molecule has 108 valence electrons. The fourth-order valence-corrected chi connectivity index (χ4v) is 3.72. The number of hydrogen-bond donors (Lipinski definition) is 1. The van der Waals surface area contributed by atoms with Crippen molar-refractivity contribution in [2.24, 2.45) is 0 Å². The van der Waals surface area contributed by atoms with E-state index >= 15 is 0 Å². The summed E-state index contributed by atoms with van der Waals surface area (Å²) in [5.74, 6) is 0. The first-order chi connectivity index (χ1) is 8.59. The van der Waals surface area contributed by atoms with Crippen molar-refractivity contribution in [2.75, 3.05) is 6.54 Å². The number of nitrogens with one attached hydrogen (secondary N) is 1. The van der Waals surface area contributed by atoms with Crippen molar-refractivity contribution < 1.29 is 17.2 Å². The van der Waals surface area contributed by atoms with Gasteiger partial charge in [0.2, 0.25) is 10.0 Å². The molecule has 1 aromatic rings. The molecule has 1 rings (SSSR count). The quantitative estimate of drug-likeness (QED) is 0.927. The Kier molecular flexibility index (Phi) is 4.68. The molecule has 19 heavy (non-hydrogen) atoms. The molecule has 0 saturated carbocycles. The molecule has 0 aliphatic heterocycles. The fraction of sp³-hybridized carbons (Fsp3) is 0.538. The van der Waals surface area contributed by atoms with E-state index in [2.05, 4.69) is 0 Å². The Morgan fingerprint density at radius 2 is 1.26 bits per heavy atom. The standard InChI is InChI=1S/C13H19F2NO2S/c1-7-8(2)10(4)13(11(5)9(7)3)19(17,18)16-6-12(14)15/h12,16H,6H2,1-5H3. The Hall–Kier alpha value is -1.01. The van der Waals surface area contributed by atoms with Crippen molar-refractivity contribution in [2.45, 2.75) is 45.9 Å². The van der Waals surface area contributed by atoms with E-state index in [0.717, 1.165) is 16.7 Å². The average molecular weight is 291 g/mol. The van der Waals surface area contributed by atoms with Crippen molar-refractivity contribution >= 4 is 10.0 Å². The van der Waals surface area contributed by atoms with Gasteiger partial charge in [-0.1, -0.05) is 0 Å². The Bertz CT molecular complexity index is 566. The summed E-state index contributed by atoms with van der Waals surface area (Å²) < 4.78 is 50.6. The molecule has 0 fully saturated rings. The third-order valence-corrected chi connectivity index (χ3v) is 5.32. The Morgan fingerprint density at radius 3 is 1.63 bits per heavy atom. The molecule has 3 nitrogen and oxygen atoms in total. The van der Waals surface area contributed by atoms with Crippen LogP contribution in [0.15, 0.2) is 4.90 Å². The van der Waals surface area contributed by atoms with Gasteiger partial charge < -0.3 is 0 Å². The van der Waals surface area contributed by atoms with Crippen molar-refractivity contribution in [1.29, 1.82) is 0 Å². The molecule has 1 N–H and O–H groups in total. The molecule has 0 saturated heterocycles. The SMILES string of the molecule is Cc1c(C)c(C)c(S(=O)(=O)NCC(F)F)c(C)c1C. The molecule has 0 aliphatic rings. The highest BCUT2D eigenvalue weighted by molar-refractivity contribution is 7.89. The Labute approximate surface area is 113 Å². The summed E-state index contributed by atoms with van der Waals surface area (Å²) in [6.07, 6.45) is -2.71. The zero-order valence-corrected chi connectivity index (χ0v) is 12.6. The fourth-order valence-electron chi connectivity index (χ4n) is 2.11. The minimum absolute atomic E-state index is 0.119.